The van der Waals surface area contributed by atoms with E-state index in [9.17, 15) is 0 Å². The molecule has 0 atom stereocenters. The Labute approximate surface area is 166 Å². The molecule has 1 aliphatic heterocycles. The van der Waals surface area contributed by atoms with Crippen LogP contribution >= 0.6 is 0 Å². The Morgan fingerprint density at radius 2 is 1.75 bits per heavy atom. The predicted molar refractivity (Wildman–Crippen MR) is 120 cm³/mol. The Morgan fingerprint density at radius 1 is 1.00 bits per heavy atom. The summed E-state index contributed by atoms with van der Waals surface area (Å²) in [6.07, 6.45) is 13.3. The number of rotatable bonds is 8. The van der Waals surface area contributed by atoms with Gasteiger partial charge in [-0.05, 0) is 40.5 Å². The third-order valence-electron chi connectivity index (χ3n) is 4.34. The van der Waals surface area contributed by atoms with E-state index in [1.807, 2.05) is 36.4 Å². The van der Waals surface area contributed by atoms with Crippen LogP contribution in [0.1, 0.15) is 16.7 Å². The molecule has 0 aromatic heterocycles. The zero-order chi connectivity index (χ0) is 19.8. The van der Waals surface area contributed by atoms with Gasteiger partial charge in [0, 0.05) is 23.1 Å². The molecule has 1 aliphatic rings. The van der Waals surface area contributed by atoms with Crippen LogP contribution in [0.15, 0.2) is 104 Å². The first-order chi connectivity index (χ1) is 13.7. The molecule has 0 amide bonds. The zero-order valence-corrected chi connectivity index (χ0v) is 15.7. The third kappa shape index (κ3) is 4.57. The van der Waals surface area contributed by atoms with Crippen molar-refractivity contribution < 1.29 is 0 Å². The zero-order valence-electron chi connectivity index (χ0n) is 15.7. The van der Waals surface area contributed by atoms with Crippen molar-refractivity contribution in [2.45, 2.75) is 0 Å². The maximum Gasteiger partial charge on any atom is 0.0485 e. The molecule has 140 valence electrons. The molecule has 0 fully saturated rings. The van der Waals surface area contributed by atoms with Gasteiger partial charge in [-0.1, -0.05) is 79.9 Å². The maximum atomic E-state index is 5.12. The third-order valence-corrected chi connectivity index (χ3v) is 4.34. The molecule has 0 saturated heterocycles. The summed E-state index contributed by atoms with van der Waals surface area (Å²) >= 11 is 0. The summed E-state index contributed by atoms with van der Waals surface area (Å²) in [6, 6.07) is 16.6. The van der Waals surface area contributed by atoms with Gasteiger partial charge in [-0.25, -0.2) is 0 Å². The fourth-order valence-corrected chi connectivity index (χ4v) is 2.90. The maximum absolute atomic E-state index is 5.12. The predicted octanol–water partition coefficient (Wildman–Crippen LogP) is 4.77. The van der Waals surface area contributed by atoms with Gasteiger partial charge >= 0.3 is 0 Å². The molecule has 4 nitrogen and oxygen atoms in total. The van der Waals surface area contributed by atoms with Crippen molar-refractivity contribution in [2.75, 3.05) is 5.32 Å². The molecular weight excluding hydrogens is 344 g/mol. The molecule has 0 saturated carbocycles. The van der Waals surface area contributed by atoms with Gasteiger partial charge in [0.15, 0.2) is 0 Å². The Morgan fingerprint density at radius 3 is 2.46 bits per heavy atom. The molecule has 28 heavy (non-hydrogen) atoms. The molecule has 1 heterocycles. The summed E-state index contributed by atoms with van der Waals surface area (Å²) < 4.78 is 0. The Bertz CT molecular complexity index is 976. The number of fused-ring (bicyclic) bond motifs is 1. The Hall–Kier alpha value is -3.60. The van der Waals surface area contributed by atoms with Crippen LogP contribution in [0.5, 0.6) is 0 Å². The second kappa shape index (κ2) is 9.37. The minimum Gasteiger partial charge on any atom is -0.354 e. The van der Waals surface area contributed by atoms with E-state index >= 15 is 0 Å². The van der Waals surface area contributed by atoms with E-state index in [4.69, 9.17) is 5.84 Å². The fourth-order valence-electron chi connectivity index (χ4n) is 2.90. The van der Waals surface area contributed by atoms with Crippen molar-refractivity contribution in [1.82, 2.24) is 11.0 Å². The monoisotopic (exact) mass is 368 g/mol. The lowest BCUT2D eigenvalue weighted by atomic mass is 9.96. The van der Waals surface area contributed by atoms with Crippen LogP contribution in [0, 0.1) is 0 Å². The molecule has 2 aromatic rings. The average Bonchev–Trinajstić information content (AvgIpc) is 2.71. The van der Waals surface area contributed by atoms with Crippen LogP contribution < -0.4 is 22.1 Å². The van der Waals surface area contributed by atoms with Gasteiger partial charge in [0.25, 0.3) is 0 Å². The van der Waals surface area contributed by atoms with Gasteiger partial charge in [0.2, 0.25) is 0 Å². The van der Waals surface area contributed by atoms with E-state index in [2.05, 4.69) is 78.0 Å². The van der Waals surface area contributed by atoms with Gasteiger partial charge in [-0.15, -0.1) is 0 Å². The van der Waals surface area contributed by atoms with E-state index in [-0.39, 0.29) is 0 Å². The topological polar surface area (TPSA) is 62.1 Å². The molecule has 2 aromatic carbocycles. The van der Waals surface area contributed by atoms with Crippen molar-refractivity contribution in [3.8, 4) is 0 Å². The van der Waals surface area contributed by atoms with E-state index in [0.717, 1.165) is 33.7 Å². The quantitative estimate of drug-likeness (QED) is 0.308. The van der Waals surface area contributed by atoms with Crippen molar-refractivity contribution in [3.05, 3.63) is 121 Å². The summed E-state index contributed by atoms with van der Waals surface area (Å²) in [5, 5.41) is 3.39. The number of hydrogen-bond donors (Lipinski definition) is 4. The molecule has 4 heteroatoms. The first-order valence-corrected chi connectivity index (χ1v) is 8.98. The van der Waals surface area contributed by atoms with Crippen molar-refractivity contribution >= 4 is 22.5 Å². The number of allylic oxidation sites excluding steroid dienone is 8. The van der Waals surface area contributed by atoms with E-state index in [1.165, 1.54) is 5.56 Å². The van der Waals surface area contributed by atoms with E-state index < -0.39 is 0 Å². The second-order valence-corrected chi connectivity index (χ2v) is 6.20. The highest BCUT2D eigenvalue weighted by Crippen LogP contribution is 2.36. The molecule has 0 unspecified atom stereocenters. The number of para-hydroxylation sites is 1. The van der Waals surface area contributed by atoms with Gasteiger partial charge < -0.3 is 10.7 Å². The number of benzene rings is 2. The largest absolute Gasteiger partial charge is 0.354 e. The first kappa shape index (κ1) is 19.2. The number of anilines is 1. The van der Waals surface area contributed by atoms with Crippen LogP contribution in [0.25, 0.3) is 16.8 Å². The summed E-state index contributed by atoms with van der Waals surface area (Å²) in [5.41, 5.74) is 12.7. The molecular formula is C24H24N4. The Balaban J connectivity index is 1.75. The van der Waals surface area contributed by atoms with Crippen LogP contribution in [-0.2, 0) is 0 Å². The first-order valence-electron chi connectivity index (χ1n) is 8.98. The summed E-state index contributed by atoms with van der Waals surface area (Å²) in [6.45, 7) is 7.96. The van der Waals surface area contributed by atoms with Gasteiger partial charge in [-0.3, -0.25) is 5.84 Å². The lowest BCUT2D eigenvalue weighted by Crippen LogP contribution is -2.33. The highest BCUT2D eigenvalue weighted by Gasteiger charge is 2.17. The lowest BCUT2D eigenvalue weighted by Gasteiger charge is -2.25. The molecule has 0 aliphatic carbocycles. The fraction of sp³-hybridized carbons (Fsp3) is 0. The van der Waals surface area contributed by atoms with E-state index in [0.29, 0.717) is 0 Å². The summed E-state index contributed by atoms with van der Waals surface area (Å²) in [7, 11) is 0. The summed E-state index contributed by atoms with van der Waals surface area (Å²) in [5.74, 6) is 5.12. The van der Waals surface area contributed by atoms with Crippen LogP contribution in [0.3, 0.4) is 0 Å². The number of nitrogens with one attached hydrogen (secondary N) is 3. The standard InChI is InChI=1S/C24H24N4/c1-3-8-21(17-24-22-10-4-5-11-23(22)27-24)20-14-12-19(13-15-20)18(2)9-6-7-16-26-28-25/h3-17,26-28H,1-2,25H2/b9-6-,16-7-,21-8+,24-17-. The van der Waals surface area contributed by atoms with Crippen LogP contribution in [0.2, 0.25) is 0 Å². The van der Waals surface area contributed by atoms with Crippen molar-refractivity contribution in [1.29, 1.82) is 0 Å². The van der Waals surface area contributed by atoms with Crippen LogP contribution in [-0.4, -0.2) is 0 Å². The minimum atomic E-state index is 0.930. The molecule has 0 bridgehead atoms. The smallest absolute Gasteiger partial charge is 0.0485 e. The van der Waals surface area contributed by atoms with Gasteiger partial charge in [0.05, 0.1) is 0 Å². The average molecular weight is 368 g/mol. The Kier molecular flexibility index (Phi) is 6.41. The minimum absolute atomic E-state index is 0.930. The number of hydrogen-bond acceptors (Lipinski definition) is 4. The van der Waals surface area contributed by atoms with Crippen LogP contribution in [0.4, 0.5) is 5.69 Å². The SMILES string of the molecule is C=C/C=C(\C=C1/Nc2ccccc21)c1ccc(C(=C)/C=C\C=C/NNN)cc1. The van der Waals surface area contributed by atoms with Crippen molar-refractivity contribution in [2.24, 2.45) is 5.84 Å². The number of nitrogens with two attached hydrogens (primary N) is 1. The lowest BCUT2D eigenvalue weighted by molar-refractivity contribution is 0.664. The molecule has 5 N–H and O–H groups in total. The normalized spacial score (nSPS) is 14.6. The molecule has 0 spiro atoms. The molecule has 3 rings (SSSR count). The summed E-state index contributed by atoms with van der Waals surface area (Å²) in [4.78, 5) is 0. The molecule has 0 radical (unpaired) electrons. The highest BCUT2D eigenvalue weighted by molar-refractivity contribution is 5.99. The van der Waals surface area contributed by atoms with E-state index in [1.54, 1.807) is 6.20 Å². The van der Waals surface area contributed by atoms with Gasteiger partial charge in [0.1, 0.15) is 0 Å². The second-order valence-electron chi connectivity index (χ2n) is 6.20. The number of hydrazine groups is 2. The van der Waals surface area contributed by atoms with Gasteiger partial charge in [-0.2, -0.15) is 5.53 Å². The van der Waals surface area contributed by atoms with Crippen molar-refractivity contribution in [3.63, 3.8) is 0 Å². The highest BCUT2D eigenvalue weighted by atomic mass is 15.5.